The zero-order valence-corrected chi connectivity index (χ0v) is 10.0. The van der Waals surface area contributed by atoms with Gasteiger partial charge in [-0.1, -0.05) is 13.0 Å². The van der Waals surface area contributed by atoms with E-state index in [9.17, 15) is 4.79 Å². The lowest BCUT2D eigenvalue weighted by atomic mass is 10.1. The van der Waals surface area contributed by atoms with Crippen molar-refractivity contribution < 1.29 is 4.79 Å². The second kappa shape index (κ2) is 4.96. The minimum Gasteiger partial charge on any atom is -0.313 e. The van der Waals surface area contributed by atoms with Gasteiger partial charge in [0.1, 0.15) is 0 Å². The summed E-state index contributed by atoms with van der Waals surface area (Å²) in [6.45, 7) is 8.78. The van der Waals surface area contributed by atoms with Crippen molar-refractivity contribution in [1.29, 1.82) is 0 Å². The summed E-state index contributed by atoms with van der Waals surface area (Å²) in [6.07, 6.45) is 0.556. The Balaban J connectivity index is 3.02. The number of amides is 1. The first-order valence-corrected chi connectivity index (χ1v) is 5.47. The van der Waals surface area contributed by atoms with Gasteiger partial charge in [-0.05, 0) is 44.0 Å². The zero-order chi connectivity index (χ0) is 11.4. The molecule has 1 rings (SSSR count). The van der Waals surface area contributed by atoms with Gasteiger partial charge < -0.3 is 4.90 Å². The lowest BCUT2D eigenvalue weighted by Crippen LogP contribution is -2.29. The van der Waals surface area contributed by atoms with Crippen LogP contribution in [0.5, 0.6) is 0 Å². The van der Waals surface area contributed by atoms with Crippen molar-refractivity contribution in [2.45, 2.75) is 34.1 Å². The number of anilines is 1. The molecule has 1 amide bonds. The molecule has 0 spiro atoms. The predicted molar refractivity (Wildman–Crippen MR) is 64.2 cm³/mol. The average Bonchev–Trinajstić information content (AvgIpc) is 2.24. The standard InChI is InChI=1S/C13H19NO/c1-5-13(15)14(6-2)12-8-7-10(3)11(4)9-12/h7-9H,5-6H2,1-4H3. The van der Waals surface area contributed by atoms with Gasteiger partial charge in [0.25, 0.3) is 0 Å². The van der Waals surface area contributed by atoms with Gasteiger partial charge in [-0.2, -0.15) is 0 Å². The van der Waals surface area contributed by atoms with E-state index >= 15 is 0 Å². The van der Waals surface area contributed by atoms with E-state index in [-0.39, 0.29) is 5.91 Å². The van der Waals surface area contributed by atoms with E-state index < -0.39 is 0 Å². The second-order valence-corrected chi connectivity index (χ2v) is 3.76. The summed E-state index contributed by atoms with van der Waals surface area (Å²) >= 11 is 0. The van der Waals surface area contributed by atoms with Gasteiger partial charge in [-0.15, -0.1) is 0 Å². The number of hydrogen-bond donors (Lipinski definition) is 0. The first kappa shape index (κ1) is 11.8. The molecule has 1 aromatic carbocycles. The molecule has 0 aromatic heterocycles. The van der Waals surface area contributed by atoms with Crippen LogP contribution in [0.15, 0.2) is 18.2 Å². The van der Waals surface area contributed by atoms with Crippen molar-refractivity contribution in [3.63, 3.8) is 0 Å². The Bertz CT molecular complexity index is 358. The largest absolute Gasteiger partial charge is 0.313 e. The minimum absolute atomic E-state index is 0.181. The summed E-state index contributed by atoms with van der Waals surface area (Å²) < 4.78 is 0. The maximum Gasteiger partial charge on any atom is 0.226 e. The number of carbonyl (C=O) groups excluding carboxylic acids is 1. The lowest BCUT2D eigenvalue weighted by Gasteiger charge is -2.21. The number of aryl methyl sites for hydroxylation is 2. The third-order valence-corrected chi connectivity index (χ3v) is 2.72. The molecule has 0 N–H and O–H groups in total. The second-order valence-electron chi connectivity index (χ2n) is 3.76. The normalized spacial score (nSPS) is 10.1. The molecule has 0 aliphatic rings. The topological polar surface area (TPSA) is 20.3 Å². The molecule has 0 heterocycles. The maximum absolute atomic E-state index is 11.7. The number of carbonyl (C=O) groups is 1. The van der Waals surface area contributed by atoms with Gasteiger partial charge in [0.2, 0.25) is 5.91 Å². The van der Waals surface area contributed by atoms with E-state index in [2.05, 4.69) is 26.0 Å². The van der Waals surface area contributed by atoms with E-state index in [0.29, 0.717) is 6.42 Å². The van der Waals surface area contributed by atoms with E-state index in [4.69, 9.17) is 0 Å². The van der Waals surface area contributed by atoms with Crippen LogP contribution in [0, 0.1) is 13.8 Å². The molecule has 82 valence electrons. The van der Waals surface area contributed by atoms with E-state index in [1.54, 1.807) is 0 Å². The highest BCUT2D eigenvalue weighted by molar-refractivity contribution is 5.93. The summed E-state index contributed by atoms with van der Waals surface area (Å²) in [5, 5.41) is 0. The summed E-state index contributed by atoms with van der Waals surface area (Å²) in [5.41, 5.74) is 3.50. The highest BCUT2D eigenvalue weighted by atomic mass is 16.2. The Morgan fingerprint density at radius 2 is 1.87 bits per heavy atom. The molecule has 2 nitrogen and oxygen atoms in total. The first-order valence-electron chi connectivity index (χ1n) is 5.47. The number of nitrogens with zero attached hydrogens (tertiary/aromatic N) is 1. The minimum atomic E-state index is 0.181. The highest BCUT2D eigenvalue weighted by Gasteiger charge is 2.11. The van der Waals surface area contributed by atoms with Crippen LogP contribution in [0.2, 0.25) is 0 Å². The molecule has 1 aromatic rings. The molecule has 0 saturated heterocycles. The summed E-state index contributed by atoms with van der Waals surface area (Å²) in [4.78, 5) is 13.5. The van der Waals surface area contributed by atoms with Gasteiger partial charge in [0.05, 0.1) is 0 Å². The molecule has 0 fully saturated rings. The molecule has 15 heavy (non-hydrogen) atoms. The van der Waals surface area contributed by atoms with Crippen molar-refractivity contribution in [3.8, 4) is 0 Å². The molecular weight excluding hydrogens is 186 g/mol. The van der Waals surface area contributed by atoms with Crippen LogP contribution in [0.25, 0.3) is 0 Å². The maximum atomic E-state index is 11.7. The Morgan fingerprint density at radius 1 is 1.20 bits per heavy atom. The van der Waals surface area contributed by atoms with E-state index in [0.717, 1.165) is 12.2 Å². The third kappa shape index (κ3) is 2.58. The molecule has 0 saturated carbocycles. The number of rotatable bonds is 3. The smallest absolute Gasteiger partial charge is 0.226 e. The fourth-order valence-electron chi connectivity index (χ4n) is 1.59. The van der Waals surface area contributed by atoms with Crippen LogP contribution in [0.4, 0.5) is 5.69 Å². The van der Waals surface area contributed by atoms with Crippen molar-refractivity contribution in [2.75, 3.05) is 11.4 Å². The van der Waals surface area contributed by atoms with Crippen LogP contribution in [0.1, 0.15) is 31.4 Å². The van der Waals surface area contributed by atoms with Crippen molar-refractivity contribution >= 4 is 11.6 Å². The number of benzene rings is 1. The average molecular weight is 205 g/mol. The van der Waals surface area contributed by atoms with Gasteiger partial charge in [0, 0.05) is 18.7 Å². The Morgan fingerprint density at radius 3 is 2.33 bits per heavy atom. The molecule has 2 heteroatoms. The summed E-state index contributed by atoms with van der Waals surface area (Å²) in [6, 6.07) is 6.15. The molecule has 0 aliphatic carbocycles. The van der Waals surface area contributed by atoms with Gasteiger partial charge >= 0.3 is 0 Å². The van der Waals surface area contributed by atoms with Crippen molar-refractivity contribution in [1.82, 2.24) is 0 Å². The summed E-state index contributed by atoms with van der Waals surface area (Å²) in [5.74, 6) is 0.181. The first-order chi connectivity index (χ1) is 7.10. The highest BCUT2D eigenvalue weighted by Crippen LogP contribution is 2.19. The monoisotopic (exact) mass is 205 g/mol. The van der Waals surface area contributed by atoms with Crippen LogP contribution in [0.3, 0.4) is 0 Å². The number of hydrogen-bond acceptors (Lipinski definition) is 1. The van der Waals surface area contributed by atoms with Gasteiger partial charge in [-0.25, -0.2) is 0 Å². The fourth-order valence-corrected chi connectivity index (χ4v) is 1.59. The van der Waals surface area contributed by atoms with Gasteiger partial charge in [0.15, 0.2) is 0 Å². The molecule has 0 radical (unpaired) electrons. The Labute approximate surface area is 91.9 Å². The van der Waals surface area contributed by atoms with E-state index in [1.807, 2.05) is 24.8 Å². The predicted octanol–water partition coefficient (Wildman–Crippen LogP) is 3.07. The fraction of sp³-hybridized carbons (Fsp3) is 0.462. The molecule has 0 aliphatic heterocycles. The van der Waals surface area contributed by atoms with E-state index in [1.165, 1.54) is 11.1 Å². The Kier molecular flexibility index (Phi) is 3.89. The van der Waals surface area contributed by atoms with Crippen molar-refractivity contribution in [3.05, 3.63) is 29.3 Å². The van der Waals surface area contributed by atoms with Crippen LogP contribution >= 0.6 is 0 Å². The van der Waals surface area contributed by atoms with Crippen LogP contribution in [-0.4, -0.2) is 12.5 Å². The van der Waals surface area contributed by atoms with Crippen LogP contribution < -0.4 is 4.90 Å². The van der Waals surface area contributed by atoms with Crippen molar-refractivity contribution in [2.24, 2.45) is 0 Å². The summed E-state index contributed by atoms with van der Waals surface area (Å²) in [7, 11) is 0. The third-order valence-electron chi connectivity index (χ3n) is 2.72. The molecular formula is C13H19NO. The zero-order valence-electron chi connectivity index (χ0n) is 10.0. The molecule has 0 unspecified atom stereocenters. The Hall–Kier alpha value is -1.31. The lowest BCUT2D eigenvalue weighted by molar-refractivity contribution is -0.118. The van der Waals surface area contributed by atoms with Crippen LogP contribution in [-0.2, 0) is 4.79 Å². The SMILES string of the molecule is CCC(=O)N(CC)c1ccc(C)c(C)c1. The molecule has 0 bridgehead atoms. The molecule has 0 atom stereocenters. The van der Waals surface area contributed by atoms with Gasteiger partial charge in [-0.3, -0.25) is 4.79 Å². The quantitative estimate of drug-likeness (QED) is 0.742.